The Hall–Kier alpha value is -0.650. The van der Waals surface area contributed by atoms with E-state index < -0.39 is 0 Å². The SMILES string of the molecule is C\N=C/C(C(/C=N)=C/NC1CCCCC1)=C(/C)I. The van der Waals surface area contributed by atoms with Crippen LogP contribution in [-0.2, 0) is 0 Å². The molecule has 0 bridgehead atoms. The Morgan fingerprint density at radius 1 is 1.33 bits per heavy atom. The number of nitrogens with one attached hydrogen (secondary N) is 2. The number of hydrogen-bond donors (Lipinski definition) is 2. The lowest BCUT2D eigenvalue weighted by Gasteiger charge is -2.22. The lowest BCUT2D eigenvalue weighted by molar-refractivity contribution is 0.404. The monoisotopic (exact) mass is 359 g/mol. The van der Waals surface area contributed by atoms with Crippen molar-refractivity contribution in [1.82, 2.24) is 5.32 Å². The summed E-state index contributed by atoms with van der Waals surface area (Å²) in [6, 6.07) is 0.572. The van der Waals surface area contributed by atoms with E-state index in [9.17, 15) is 0 Å². The van der Waals surface area contributed by atoms with Crippen LogP contribution in [0.2, 0.25) is 0 Å². The third kappa shape index (κ3) is 4.92. The quantitative estimate of drug-likeness (QED) is 0.437. The van der Waals surface area contributed by atoms with Crippen molar-refractivity contribution >= 4 is 35.0 Å². The highest BCUT2D eigenvalue weighted by atomic mass is 127. The first kappa shape index (κ1) is 15.4. The molecule has 2 N–H and O–H groups in total. The van der Waals surface area contributed by atoms with Gasteiger partial charge in [0.2, 0.25) is 0 Å². The standard InChI is InChI=1S/C14H22IN3/c1-11(15)14(10-17-2)12(8-16)9-18-13-6-4-3-5-7-13/h8-10,13,16,18H,3-7H2,1-2H3/b12-9+,14-11+,16-8?,17-10-. The summed E-state index contributed by atoms with van der Waals surface area (Å²) in [5, 5.41) is 11.0. The molecule has 0 radical (unpaired) electrons. The average molecular weight is 359 g/mol. The van der Waals surface area contributed by atoms with Gasteiger partial charge in [0.25, 0.3) is 0 Å². The zero-order valence-electron chi connectivity index (χ0n) is 11.2. The molecule has 1 aliphatic carbocycles. The minimum absolute atomic E-state index is 0.572. The van der Waals surface area contributed by atoms with Crippen molar-refractivity contribution in [2.45, 2.75) is 45.1 Å². The topological polar surface area (TPSA) is 48.2 Å². The molecule has 0 aromatic carbocycles. The van der Waals surface area contributed by atoms with Crippen molar-refractivity contribution in [3.8, 4) is 0 Å². The Kier molecular flexibility index (Phi) is 7.23. The van der Waals surface area contributed by atoms with Crippen LogP contribution < -0.4 is 5.32 Å². The van der Waals surface area contributed by atoms with Crippen molar-refractivity contribution in [2.75, 3.05) is 7.05 Å². The van der Waals surface area contributed by atoms with Crippen molar-refractivity contribution in [2.24, 2.45) is 4.99 Å². The fourth-order valence-corrected chi connectivity index (χ4v) is 2.62. The third-order valence-corrected chi connectivity index (χ3v) is 3.76. The van der Waals surface area contributed by atoms with Crippen LogP contribution in [0.1, 0.15) is 39.0 Å². The Labute approximate surface area is 123 Å². The maximum Gasteiger partial charge on any atom is 0.0295 e. The predicted molar refractivity (Wildman–Crippen MR) is 88.0 cm³/mol. The molecule has 1 saturated carbocycles. The average Bonchev–Trinajstić information content (AvgIpc) is 2.39. The van der Waals surface area contributed by atoms with Gasteiger partial charge < -0.3 is 10.7 Å². The summed E-state index contributed by atoms with van der Waals surface area (Å²) in [5.74, 6) is 0. The van der Waals surface area contributed by atoms with Gasteiger partial charge in [0.1, 0.15) is 0 Å². The normalized spacial score (nSPS) is 19.8. The van der Waals surface area contributed by atoms with Crippen LogP contribution in [0.15, 0.2) is 25.9 Å². The third-order valence-electron chi connectivity index (χ3n) is 3.18. The molecular formula is C14H22IN3. The lowest BCUT2D eigenvalue weighted by Crippen LogP contribution is -2.27. The highest BCUT2D eigenvalue weighted by Gasteiger charge is 2.12. The summed E-state index contributed by atoms with van der Waals surface area (Å²) in [5.41, 5.74) is 1.93. The smallest absolute Gasteiger partial charge is 0.0295 e. The Morgan fingerprint density at radius 3 is 2.50 bits per heavy atom. The number of rotatable bonds is 5. The summed E-state index contributed by atoms with van der Waals surface area (Å²) in [6.45, 7) is 2.04. The number of hydrogen-bond acceptors (Lipinski definition) is 3. The molecule has 0 saturated heterocycles. The summed E-state index contributed by atoms with van der Waals surface area (Å²) < 4.78 is 1.15. The van der Waals surface area contributed by atoms with Gasteiger partial charge in [-0.2, -0.15) is 0 Å². The van der Waals surface area contributed by atoms with Crippen LogP contribution in [-0.4, -0.2) is 25.5 Å². The van der Waals surface area contributed by atoms with Crippen LogP contribution in [0.4, 0.5) is 0 Å². The summed E-state index contributed by atoms with van der Waals surface area (Å²) in [6.07, 6.45) is 11.7. The maximum atomic E-state index is 7.55. The zero-order chi connectivity index (χ0) is 13.4. The van der Waals surface area contributed by atoms with Crippen LogP contribution in [0.5, 0.6) is 0 Å². The molecule has 0 heterocycles. The van der Waals surface area contributed by atoms with E-state index in [1.54, 1.807) is 7.05 Å². The molecule has 1 aliphatic rings. The Morgan fingerprint density at radius 2 is 2.00 bits per heavy atom. The van der Waals surface area contributed by atoms with Gasteiger partial charge in [-0.15, -0.1) is 0 Å². The van der Waals surface area contributed by atoms with Crippen molar-refractivity contribution in [3.05, 3.63) is 20.9 Å². The molecule has 0 atom stereocenters. The minimum atomic E-state index is 0.572. The highest BCUT2D eigenvalue weighted by molar-refractivity contribution is 14.1. The molecule has 0 amide bonds. The van der Waals surface area contributed by atoms with E-state index in [0.717, 1.165) is 14.7 Å². The van der Waals surface area contributed by atoms with Gasteiger partial charge in [-0.05, 0) is 45.9 Å². The summed E-state index contributed by atoms with van der Waals surface area (Å²) in [7, 11) is 1.76. The molecule has 0 aliphatic heterocycles. The first-order chi connectivity index (χ1) is 8.69. The van der Waals surface area contributed by atoms with Gasteiger partial charge in [-0.3, -0.25) is 4.99 Å². The van der Waals surface area contributed by atoms with Gasteiger partial charge in [-0.1, -0.05) is 19.3 Å². The van der Waals surface area contributed by atoms with E-state index in [2.05, 4.69) is 32.9 Å². The lowest BCUT2D eigenvalue weighted by atomic mass is 9.95. The van der Waals surface area contributed by atoms with E-state index in [0.29, 0.717) is 6.04 Å². The second-order valence-electron chi connectivity index (χ2n) is 4.58. The maximum absolute atomic E-state index is 7.55. The number of allylic oxidation sites excluding steroid dienone is 3. The van der Waals surface area contributed by atoms with E-state index in [1.807, 2.05) is 19.3 Å². The summed E-state index contributed by atoms with van der Waals surface area (Å²) in [4.78, 5) is 4.06. The van der Waals surface area contributed by atoms with E-state index >= 15 is 0 Å². The van der Waals surface area contributed by atoms with E-state index in [-0.39, 0.29) is 0 Å². The number of aliphatic imine (C=N–C) groups is 1. The van der Waals surface area contributed by atoms with Crippen LogP contribution in [0.3, 0.4) is 0 Å². The molecule has 100 valence electrons. The molecule has 3 nitrogen and oxygen atoms in total. The second kappa shape index (κ2) is 8.45. The molecule has 1 rings (SSSR count). The van der Waals surface area contributed by atoms with Gasteiger partial charge in [-0.25, -0.2) is 0 Å². The predicted octanol–water partition coefficient (Wildman–Crippen LogP) is 3.85. The molecule has 0 aromatic heterocycles. The van der Waals surface area contributed by atoms with Crippen molar-refractivity contribution in [1.29, 1.82) is 5.41 Å². The van der Waals surface area contributed by atoms with Crippen molar-refractivity contribution in [3.63, 3.8) is 0 Å². The van der Waals surface area contributed by atoms with Crippen LogP contribution >= 0.6 is 22.6 Å². The van der Waals surface area contributed by atoms with Gasteiger partial charge in [0.15, 0.2) is 0 Å². The fraction of sp³-hybridized carbons (Fsp3) is 0.571. The zero-order valence-corrected chi connectivity index (χ0v) is 13.3. The minimum Gasteiger partial charge on any atom is -0.388 e. The van der Waals surface area contributed by atoms with Gasteiger partial charge in [0, 0.05) is 42.9 Å². The molecule has 0 spiro atoms. The largest absolute Gasteiger partial charge is 0.388 e. The van der Waals surface area contributed by atoms with E-state index in [4.69, 9.17) is 5.41 Å². The molecule has 0 aromatic rings. The van der Waals surface area contributed by atoms with Crippen molar-refractivity contribution < 1.29 is 0 Å². The molecular weight excluding hydrogens is 337 g/mol. The molecule has 4 heteroatoms. The first-order valence-electron chi connectivity index (χ1n) is 6.44. The van der Waals surface area contributed by atoms with Gasteiger partial charge >= 0.3 is 0 Å². The second-order valence-corrected chi connectivity index (χ2v) is 6.20. The van der Waals surface area contributed by atoms with Gasteiger partial charge in [0.05, 0.1) is 0 Å². The highest BCUT2D eigenvalue weighted by Crippen LogP contribution is 2.19. The molecule has 1 fully saturated rings. The first-order valence-corrected chi connectivity index (χ1v) is 7.52. The number of nitrogens with zero attached hydrogens (tertiary/aromatic N) is 1. The van der Waals surface area contributed by atoms with Crippen LogP contribution in [0, 0.1) is 5.41 Å². The van der Waals surface area contributed by atoms with E-state index in [1.165, 1.54) is 38.3 Å². The molecule has 18 heavy (non-hydrogen) atoms. The fourth-order valence-electron chi connectivity index (χ4n) is 2.17. The number of halogens is 1. The van der Waals surface area contributed by atoms with Crippen LogP contribution in [0.25, 0.3) is 0 Å². The Balaban J connectivity index is 2.74. The molecule has 0 unspecified atom stereocenters. The summed E-state index contributed by atoms with van der Waals surface area (Å²) >= 11 is 2.28. The Bertz CT molecular complexity index is 359.